The second-order valence-corrected chi connectivity index (χ2v) is 15.6. The Bertz CT molecular complexity index is 1940. The van der Waals surface area contributed by atoms with Crippen molar-refractivity contribution in [2.75, 3.05) is 18.1 Å². The van der Waals surface area contributed by atoms with Gasteiger partial charge in [-0.1, -0.05) is 54.4 Å². The molecule has 0 bridgehead atoms. The number of rotatable bonds is 19. The summed E-state index contributed by atoms with van der Waals surface area (Å²) in [7, 11) is 0. The van der Waals surface area contributed by atoms with Crippen LogP contribution < -0.4 is 9.47 Å². The van der Waals surface area contributed by atoms with E-state index in [4.69, 9.17) is 42.5 Å². The topological polar surface area (TPSA) is 82.1 Å². The SMILES string of the molecule is CCC(C)OC(=O)C(Cl)Oc1ccc(SCCCc2ccc(-c3ccc(CCCSc4ccc(OCC(=O)O)c(Cl)c4)c(C(F)(F)F)c3)cc2C(F)(F)F)cc1. The Labute approximate surface area is 339 Å². The molecule has 0 aliphatic heterocycles. The largest absolute Gasteiger partial charge is 0.480 e. The van der Waals surface area contributed by atoms with Gasteiger partial charge in [0.05, 0.1) is 22.3 Å². The highest BCUT2D eigenvalue weighted by molar-refractivity contribution is 7.99. The molecule has 4 aromatic rings. The summed E-state index contributed by atoms with van der Waals surface area (Å²) in [5.74, 6) is -0.403. The van der Waals surface area contributed by atoms with Crippen LogP contribution in [-0.2, 0) is 39.5 Å². The highest BCUT2D eigenvalue weighted by Gasteiger charge is 2.35. The molecule has 0 saturated heterocycles. The summed E-state index contributed by atoms with van der Waals surface area (Å²) in [5.41, 5.74) is -3.04. The Morgan fingerprint density at radius 3 is 1.77 bits per heavy atom. The predicted molar refractivity (Wildman–Crippen MR) is 207 cm³/mol. The summed E-state index contributed by atoms with van der Waals surface area (Å²) >= 11 is 14.9. The van der Waals surface area contributed by atoms with Gasteiger partial charge < -0.3 is 19.3 Å². The number of benzene rings is 4. The van der Waals surface area contributed by atoms with Crippen molar-refractivity contribution in [1.29, 1.82) is 0 Å². The van der Waals surface area contributed by atoms with E-state index in [1.165, 1.54) is 53.9 Å². The summed E-state index contributed by atoms with van der Waals surface area (Å²) in [6, 6.07) is 18.7. The number of carboxylic acid groups (broad SMARTS) is 1. The molecule has 2 atom stereocenters. The van der Waals surface area contributed by atoms with E-state index in [1.54, 1.807) is 43.3 Å². The maximum Gasteiger partial charge on any atom is 0.416 e. The van der Waals surface area contributed by atoms with Gasteiger partial charge in [-0.05, 0) is 127 Å². The molecule has 302 valence electrons. The third-order valence-corrected chi connectivity index (χ3v) is 11.0. The van der Waals surface area contributed by atoms with Crippen LogP contribution in [0.3, 0.4) is 0 Å². The van der Waals surface area contributed by atoms with E-state index in [0.717, 1.165) is 17.0 Å². The molecule has 0 aromatic heterocycles. The normalized spacial score (nSPS) is 12.9. The number of thioether (sulfide) groups is 2. The molecule has 0 heterocycles. The van der Waals surface area contributed by atoms with Crippen molar-refractivity contribution in [2.24, 2.45) is 0 Å². The van der Waals surface area contributed by atoms with Crippen LogP contribution in [0.15, 0.2) is 88.7 Å². The summed E-state index contributed by atoms with van der Waals surface area (Å²) in [5, 5.41) is 8.96. The van der Waals surface area contributed by atoms with E-state index in [-0.39, 0.29) is 52.0 Å². The van der Waals surface area contributed by atoms with Crippen LogP contribution in [0.4, 0.5) is 26.3 Å². The molecule has 1 N–H and O–H groups in total. The van der Waals surface area contributed by atoms with Crippen LogP contribution in [0.1, 0.15) is 55.4 Å². The lowest BCUT2D eigenvalue weighted by atomic mass is 9.93. The van der Waals surface area contributed by atoms with E-state index in [1.807, 2.05) is 6.92 Å². The molecule has 0 amide bonds. The van der Waals surface area contributed by atoms with Crippen LogP contribution in [0, 0.1) is 0 Å². The Morgan fingerprint density at radius 1 is 0.768 bits per heavy atom. The summed E-state index contributed by atoms with van der Waals surface area (Å²) in [4.78, 5) is 24.3. The van der Waals surface area contributed by atoms with Gasteiger partial charge in [0.2, 0.25) is 0 Å². The maximum absolute atomic E-state index is 14.2. The number of ether oxygens (including phenoxy) is 3. The number of carbonyl (C=O) groups excluding carboxylic acids is 1. The standard InChI is InChI=1S/C40H38Cl2F6O6S2/c1-3-24(2)53-38(51)37(42)54-29-12-14-30(15-13-29)55-18-4-6-25-8-10-27(20-32(25)39(43,44)45)28-11-9-26(33(21-28)40(46,47)48)7-5-19-56-31-16-17-35(34(41)22-31)52-23-36(49)50/h8-17,20-22,24,37H,3-7,18-19,23H2,1-2H3,(H,49,50). The number of alkyl halides is 7. The molecule has 4 rings (SSSR count). The lowest BCUT2D eigenvalue weighted by Gasteiger charge is -2.17. The van der Waals surface area contributed by atoms with Crippen molar-refractivity contribution in [1.82, 2.24) is 0 Å². The van der Waals surface area contributed by atoms with E-state index in [9.17, 15) is 35.9 Å². The van der Waals surface area contributed by atoms with Gasteiger partial charge in [-0.3, -0.25) is 0 Å². The number of halogens is 8. The Hall–Kier alpha value is -3.72. The number of aryl methyl sites for hydroxylation is 2. The van der Waals surface area contributed by atoms with Crippen LogP contribution >= 0.6 is 46.7 Å². The third kappa shape index (κ3) is 13.7. The Kier molecular flexibility index (Phi) is 16.6. The first-order valence-corrected chi connectivity index (χ1v) is 20.1. The van der Waals surface area contributed by atoms with Gasteiger partial charge in [-0.2, -0.15) is 26.3 Å². The van der Waals surface area contributed by atoms with E-state index in [0.29, 0.717) is 41.4 Å². The molecule has 0 fully saturated rings. The monoisotopic (exact) mass is 862 g/mol. The van der Waals surface area contributed by atoms with Crippen molar-refractivity contribution in [3.63, 3.8) is 0 Å². The molecule has 0 spiro atoms. The predicted octanol–water partition coefficient (Wildman–Crippen LogP) is 12.2. The minimum atomic E-state index is -4.73. The maximum atomic E-state index is 14.2. The second-order valence-electron chi connectivity index (χ2n) is 12.5. The quantitative estimate of drug-likeness (QED) is 0.0328. The zero-order valence-electron chi connectivity index (χ0n) is 30.1. The number of hydrogen-bond acceptors (Lipinski definition) is 7. The lowest BCUT2D eigenvalue weighted by molar-refractivity contribution is -0.153. The molecule has 0 radical (unpaired) electrons. The third-order valence-electron chi connectivity index (χ3n) is 8.28. The van der Waals surface area contributed by atoms with Crippen LogP contribution in [-0.4, -0.2) is 46.8 Å². The number of carbonyl (C=O) groups is 2. The zero-order chi connectivity index (χ0) is 41.0. The molecule has 56 heavy (non-hydrogen) atoms. The van der Waals surface area contributed by atoms with Crippen molar-refractivity contribution in [2.45, 2.75) is 79.8 Å². The van der Waals surface area contributed by atoms with Gasteiger partial charge in [0.1, 0.15) is 11.5 Å². The molecule has 2 unspecified atom stereocenters. The summed E-state index contributed by atoms with van der Waals surface area (Å²) < 4.78 is 101. The Morgan fingerprint density at radius 2 is 1.29 bits per heavy atom. The van der Waals surface area contributed by atoms with Crippen molar-refractivity contribution in [3.05, 3.63) is 106 Å². The molecule has 0 aliphatic carbocycles. The van der Waals surface area contributed by atoms with Crippen LogP contribution in [0.5, 0.6) is 11.5 Å². The minimum Gasteiger partial charge on any atom is -0.480 e. The molecule has 0 saturated carbocycles. The fourth-order valence-electron chi connectivity index (χ4n) is 5.33. The van der Waals surface area contributed by atoms with Crippen molar-refractivity contribution >= 4 is 58.7 Å². The number of aliphatic carboxylic acids is 1. The van der Waals surface area contributed by atoms with E-state index < -0.39 is 47.6 Å². The van der Waals surface area contributed by atoms with Gasteiger partial charge >= 0.3 is 24.3 Å². The average Bonchev–Trinajstić information content (AvgIpc) is 3.14. The van der Waals surface area contributed by atoms with E-state index >= 15 is 0 Å². The zero-order valence-corrected chi connectivity index (χ0v) is 33.3. The fourth-order valence-corrected chi connectivity index (χ4v) is 7.52. The number of hydrogen-bond donors (Lipinski definition) is 1. The molecule has 0 aliphatic rings. The molecule has 16 heteroatoms. The van der Waals surface area contributed by atoms with Gasteiger partial charge in [0.25, 0.3) is 5.56 Å². The molecule has 6 nitrogen and oxygen atoms in total. The average molecular weight is 864 g/mol. The van der Waals surface area contributed by atoms with Gasteiger partial charge in [0, 0.05) is 9.79 Å². The first kappa shape index (κ1) is 45.0. The first-order chi connectivity index (χ1) is 26.4. The Balaban J connectivity index is 1.36. The fraction of sp³-hybridized carbons (Fsp3) is 0.350. The summed E-state index contributed by atoms with van der Waals surface area (Å²) in [6.45, 7) is 3.04. The number of esters is 1. The van der Waals surface area contributed by atoms with Crippen LogP contribution in [0.25, 0.3) is 11.1 Å². The van der Waals surface area contributed by atoms with Gasteiger partial charge in [-0.15, -0.1) is 23.5 Å². The molecular weight excluding hydrogens is 825 g/mol. The lowest BCUT2D eigenvalue weighted by Crippen LogP contribution is -2.27. The van der Waals surface area contributed by atoms with Gasteiger partial charge in [-0.25, -0.2) is 9.59 Å². The van der Waals surface area contributed by atoms with Crippen molar-refractivity contribution in [3.8, 4) is 22.6 Å². The van der Waals surface area contributed by atoms with Crippen LogP contribution in [0.2, 0.25) is 5.02 Å². The summed E-state index contributed by atoms with van der Waals surface area (Å²) in [6.07, 6.45) is -8.22. The highest BCUT2D eigenvalue weighted by Crippen LogP contribution is 2.39. The first-order valence-electron chi connectivity index (χ1n) is 17.4. The molecular formula is C40H38Cl2F6O6S2. The van der Waals surface area contributed by atoms with E-state index in [2.05, 4.69) is 0 Å². The highest BCUT2D eigenvalue weighted by atomic mass is 35.5. The van der Waals surface area contributed by atoms with Gasteiger partial charge in [0.15, 0.2) is 6.61 Å². The smallest absolute Gasteiger partial charge is 0.416 e. The minimum absolute atomic E-state index is 0.0169. The molecule has 4 aromatic carbocycles. The van der Waals surface area contributed by atoms with Crippen molar-refractivity contribution < 1.29 is 55.2 Å². The number of carboxylic acids is 1. The second kappa shape index (κ2) is 20.6.